The maximum atomic E-state index is 12.3. The van der Waals surface area contributed by atoms with Gasteiger partial charge in [0.15, 0.2) is 0 Å². The lowest BCUT2D eigenvalue weighted by Gasteiger charge is -2.23. The molecule has 6 nitrogen and oxygen atoms in total. The van der Waals surface area contributed by atoms with Crippen molar-refractivity contribution in [2.45, 2.75) is 33.0 Å². The lowest BCUT2D eigenvalue weighted by molar-refractivity contribution is 0.145. The van der Waals surface area contributed by atoms with Gasteiger partial charge in [-0.05, 0) is 26.0 Å². The van der Waals surface area contributed by atoms with E-state index in [1.54, 1.807) is 12.0 Å². The van der Waals surface area contributed by atoms with Crippen LogP contribution in [0.2, 0.25) is 0 Å². The van der Waals surface area contributed by atoms with Crippen molar-refractivity contribution in [1.29, 1.82) is 0 Å². The summed E-state index contributed by atoms with van der Waals surface area (Å²) in [7, 11) is 1.63. The number of benzene rings is 1. The summed E-state index contributed by atoms with van der Waals surface area (Å²) < 4.78 is 10.8. The molecule has 0 saturated heterocycles. The number of thiazole rings is 1. The van der Waals surface area contributed by atoms with Crippen molar-refractivity contribution in [1.82, 2.24) is 15.2 Å². The molecule has 0 atom stereocenters. The van der Waals surface area contributed by atoms with Crippen molar-refractivity contribution < 1.29 is 14.3 Å². The van der Waals surface area contributed by atoms with E-state index in [0.717, 1.165) is 16.5 Å². The average Bonchev–Trinajstić information content (AvgIpc) is 3.04. The molecule has 2 rings (SSSR count). The van der Waals surface area contributed by atoms with Gasteiger partial charge >= 0.3 is 6.03 Å². The highest BCUT2D eigenvalue weighted by Crippen LogP contribution is 2.16. The zero-order valence-corrected chi connectivity index (χ0v) is 15.7. The molecule has 0 radical (unpaired) electrons. The van der Waals surface area contributed by atoms with E-state index >= 15 is 0 Å². The fraction of sp³-hybridized carbons (Fsp3) is 0.444. The molecule has 0 aliphatic rings. The molecular formula is C18H25N3O3S. The molecule has 1 aromatic carbocycles. The average molecular weight is 363 g/mol. The first kappa shape index (κ1) is 19.2. The lowest BCUT2D eigenvalue weighted by Crippen LogP contribution is -2.44. The number of ether oxygens (including phenoxy) is 2. The number of hydrogen-bond acceptors (Lipinski definition) is 5. The first-order valence-corrected chi connectivity index (χ1v) is 9.12. The third-order valence-corrected chi connectivity index (χ3v) is 4.19. The van der Waals surface area contributed by atoms with Gasteiger partial charge in [0.2, 0.25) is 0 Å². The fourth-order valence-corrected chi connectivity index (χ4v) is 2.83. The van der Waals surface area contributed by atoms with Gasteiger partial charge in [-0.25, -0.2) is 9.78 Å². The van der Waals surface area contributed by atoms with Gasteiger partial charge in [0.05, 0.1) is 18.8 Å². The van der Waals surface area contributed by atoms with Gasteiger partial charge < -0.3 is 19.7 Å². The summed E-state index contributed by atoms with van der Waals surface area (Å²) in [5.41, 5.74) is 0.853. The summed E-state index contributed by atoms with van der Waals surface area (Å²) in [5, 5.41) is 5.76. The van der Waals surface area contributed by atoms with Gasteiger partial charge in [0.25, 0.3) is 0 Å². The molecule has 0 unspecified atom stereocenters. The zero-order valence-electron chi connectivity index (χ0n) is 14.9. The van der Waals surface area contributed by atoms with Crippen LogP contribution in [0.5, 0.6) is 5.75 Å². The Bertz CT molecular complexity index is 646. The third kappa shape index (κ3) is 6.72. The topological polar surface area (TPSA) is 63.7 Å². The molecule has 1 N–H and O–H groups in total. The molecule has 0 saturated carbocycles. The Labute approximate surface area is 152 Å². The largest absolute Gasteiger partial charge is 0.486 e. The van der Waals surface area contributed by atoms with Crippen molar-refractivity contribution in [2.75, 3.05) is 20.3 Å². The number of amides is 2. The van der Waals surface area contributed by atoms with Crippen LogP contribution < -0.4 is 10.1 Å². The monoisotopic (exact) mass is 363 g/mol. The van der Waals surface area contributed by atoms with E-state index in [0.29, 0.717) is 26.3 Å². The first-order valence-electron chi connectivity index (χ1n) is 8.24. The Kier molecular flexibility index (Phi) is 7.69. The molecule has 2 amide bonds. The van der Waals surface area contributed by atoms with E-state index in [2.05, 4.69) is 10.3 Å². The molecule has 0 aliphatic carbocycles. The number of methoxy groups -OCH3 is 1. The van der Waals surface area contributed by atoms with Crippen molar-refractivity contribution in [3.8, 4) is 5.75 Å². The van der Waals surface area contributed by atoms with Crippen LogP contribution in [0.4, 0.5) is 4.79 Å². The molecule has 136 valence electrons. The van der Waals surface area contributed by atoms with E-state index in [1.165, 1.54) is 11.3 Å². The number of urea groups is 1. The van der Waals surface area contributed by atoms with Crippen molar-refractivity contribution in [3.63, 3.8) is 0 Å². The van der Waals surface area contributed by atoms with Gasteiger partial charge in [-0.15, -0.1) is 11.3 Å². The molecule has 1 aromatic heterocycles. The molecule has 0 spiro atoms. The fourth-order valence-electron chi connectivity index (χ4n) is 2.14. The summed E-state index contributed by atoms with van der Waals surface area (Å²) >= 11 is 1.53. The maximum absolute atomic E-state index is 12.3. The van der Waals surface area contributed by atoms with Gasteiger partial charge in [-0.1, -0.05) is 18.2 Å². The second-order valence-corrected chi connectivity index (χ2v) is 6.80. The number of hydrogen-bond donors (Lipinski definition) is 1. The maximum Gasteiger partial charge on any atom is 0.318 e. The van der Waals surface area contributed by atoms with E-state index in [1.807, 2.05) is 49.6 Å². The molecule has 2 aromatic rings. The van der Waals surface area contributed by atoms with Crippen molar-refractivity contribution in [2.24, 2.45) is 0 Å². The van der Waals surface area contributed by atoms with E-state index < -0.39 is 0 Å². The smallest absolute Gasteiger partial charge is 0.318 e. The minimum Gasteiger partial charge on any atom is -0.486 e. The SMILES string of the molecule is COCCN(Cc1csc(COc2ccccc2)n1)C(=O)NC(C)C. The van der Waals surface area contributed by atoms with Gasteiger partial charge in [0, 0.05) is 25.1 Å². The summed E-state index contributed by atoms with van der Waals surface area (Å²) in [5.74, 6) is 0.817. The van der Waals surface area contributed by atoms with Crippen LogP contribution in [0.3, 0.4) is 0 Å². The minimum absolute atomic E-state index is 0.0859. The molecule has 0 fully saturated rings. The summed E-state index contributed by atoms with van der Waals surface area (Å²) in [6, 6.07) is 9.62. The lowest BCUT2D eigenvalue weighted by atomic mass is 10.3. The second kappa shape index (κ2) is 10.0. The highest BCUT2D eigenvalue weighted by atomic mass is 32.1. The summed E-state index contributed by atoms with van der Waals surface area (Å²) in [6.07, 6.45) is 0. The number of carbonyl (C=O) groups is 1. The van der Waals surface area contributed by atoms with Gasteiger partial charge in [-0.2, -0.15) is 0 Å². The van der Waals surface area contributed by atoms with Crippen molar-refractivity contribution in [3.05, 3.63) is 46.4 Å². The molecule has 7 heteroatoms. The number of nitrogens with one attached hydrogen (secondary N) is 1. The Balaban J connectivity index is 1.92. The quantitative estimate of drug-likeness (QED) is 0.742. The highest BCUT2D eigenvalue weighted by Gasteiger charge is 2.16. The normalized spacial score (nSPS) is 10.7. The number of para-hydroxylation sites is 1. The Hall–Kier alpha value is -2.12. The number of carbonyl (C=O) groups excluding carboxylic acids is 1. The Morgan fingerprint density at radius 3 is 2.76 bits per heavy atom. The van der Waals surface area contributed by atoms with E-state index in [4.69, 9.17) is 9.47 Å². The summed E-state index contributed by atoms with van der Waals surface area (Å²) in [4.78, 5) is 18.6. The molecular weight excluding hydrogens is 338 g/mol. The van der Waals surface area contributed by atoms with E-state index in [9.17, 15) is 4.79 Å². The van der Waals surface area contributed by atoms with Crippen LogP contribution in [0, 0.1) is 0 Å². The number of aromatic nitrogens is 1. The second-order valence-electron chi connectivity index (χ2n) is 5.85. The molecule has 1 heterocycles. The third-order valence-electron chi connectivity index (χ3n) is 3.32. The van der Waals surface area contributed by atoms with Crippen LogP contribution >= 0.6 is 11.3 Å². The summed E-state index contributed by atoms with van der Waals surface area (Å²) in [6.45, 7) is 5.75. The van der Waals surface area contributed by atoms with Crippen LogP contribution in [-0.2, 0) is 17.9 Å². The van der Waals surface area contributed by atoms with Gasteiger partial charge in [0.1, 0.15) is 17.4 Å². The van der Waals surface area contributed by atoms with Crippen molar-refractivity contribution >= 4 is 17.4 Å². The molecule has 0 bridgehead atoms. The predicted octanol–water partition coefficient (Wildman–Crippen LogP) is 3.29. The standard InChI is InChI=1S/C18H25N3O3S/c1-14(2)19-18(22)21(9-10-23-3)11-15-13-25-17(20-15)12-24-16-7-5-4-6-8-16/h4-8,13-14H,9-12H2,1-3H3,(H,19,22). The Morgan fingerprint density at radius 2 is 2.08 bits per heavy atom. The first-order chi connectivity index (χ1) is 12.1. The van der Waals surface area contributed by atoms with Crippen LogP contribution in [0.25, 0.3) is 0 Å². The number of nitrogens with zero attached hydrogens (tertiary/aromatic N) is 2. The Morgan fingerprint density at radius 1 is 1.32 bits per heavy atom. The molecule has 25 heavy (non-hydrogen) atoms. The molecule has 0 aliphatic heterocycles. The predicted molar refractivity (Wildman–Crippen MR) is 98.8 cm³/mol. The van der Waals surface area contributed by atoms with Crippen LogP contribution in [0.1, 0.15) is 24.5 Å². The zero-order chi connectivity index (χ0) is 18.1. The highest BCUT2D eigenvalue weighted by molar-refractivity contribution is 7.09. The van der Waals surface area contributed by atoms with Crippen LogP contribution in [-0.4, -0.2) is 42.2 Å². The van der Waals surface area contributed by atoms with Gasteiger partial charge in [-0.3, -0.25) is 0 Å². The number of rotatable bonds is 9. The van der Waals surface area contributed by atoms with Crippen LogP contribution in [0.15, 0.2) is 35.7 Å². The minimum atomic E-state index is -0.109. The van der Waals surface area contributed by atoms with E-state index in [-0.39, 0.29) is 12.1 Å².